The Bertz CT molecular complexity index is 650. The van der Waals surface area contributed by atoms with Gasteiger partial charge in [0.05, 0.1) is 12.9 Å². The molecule has 0 aromatic carbocycles. The Hall–Kier alpha value is -1.52. The van der Waals surface area contributed by atoms with Crippen molar-refractivity contribution in [1.29, 1.82) is 0 Å². The Kier molecular flexibility index (Phi) is 3.22. The van der Waals surface area contributed by atoms with Crippen molar-refractivity contribution < 1.29 is 20.1 Å². The summed E-state index contributed by atoms with van der Waals surface area (Å²) < 4.78 is 6.79. The summed E-state index contributed by atoms with van der Waals surface area (Å²) in [6, 6.07) is 0. The van der Waals surface area contributed by atoms with Gasteiger partial charge in [0, 0.05) is 0 Å². The third-order valence-corrected chi connectivity index (χ3v) is 3.38. The molecule has 10 heteroatoms. The standard InChI is InChI=1S/C10H12ClN5O4/c11-10-14-7(12)4-8(15-10)16(2-13-4)9-6(19)5(18)3(1-17)20-9/h2-3,5-6,9,17-19H,1H2,(H2,12,14,15)/t3-,5+,6?,9-/m1/s1. The van der Waals surface area contributed by atoms with Gasteiger partial charge in [-0.2, -0.15) is 9.97 Å². The molecule has 0 spiro atoms. The van der Waals surface area contributed by atoms with Crippen molar-refractivity contribution in [3.63, 3.8) is 0 Å². The Morgan fingerprint density at radius 3 is 2.75 bits per heavy atom. The van der Waals surface area contributed by atoms with Gasteiger partial charge in [0.2, 0.25) is 5.28 Å². The molecule has 2 aromatic rings. The van der Waals surface area contributed by atoms with Gasteiger partial charge in [-0.15, -0.1) is 0 Å². The Morgan fingerprint density at radius 1 is 1.35 bits per heavy atom. The first-order valence-corrected chi connectivity index (χ1v) is 6.18. The van der Waals surface area contributed by atoms with E-state index < -0.39 is 31.1 Å². The van der Waals surface area contributed by atoms with E-state index in [9.17, 15) is 10.2 Å². The van der Waals surface area contributed by atoms with Crippen LogP contribution in [0.5, 0.6) is 0 Å². The van der Waals surface area contributed by atoms with Crippen LogP contribution in [0.25, 0.3) is 11.2 Å². The molecule has 1 aliphatic rings. The maximum Gasteiger partial charge on any atom is 0.226 e. The zero-order chi connectivity index (χ0) is 14.4. The molecule has 0 saturated carbocycles. The highest BCUT2D eigenvalue weighted by molar-refractivity contribution is 6.28. The highest BCUT2D eigenvalue weighted by atomic mass is 35.5. The van der Waals surface area contributed by atoms with Crippen LogP contribution in [0, 0.1) is 0 Å². The van der Waals surface area contributed by atoms with Crippen LogP contribution in [0.3, 0.4) is 0 Å². The lowest BCUT2D eigenvalue weighted by atomic mass is 10.1. The van der Waals surface area contributed by atoms with E-state index in [2.05, 4.69) is 15.0 Å². The largest absolute Gasteiger partial charge is 0.394 e. The minimum atomic E-state index is -1.24. The Labute approximate surface area is 117 Å². The van der Waals surface area contributed by atoms with E-state index in [4.69, 9.17) is 27.2 Å². The number of rotatable bonds is 2. The van der Waals surface area contributed by atoms with Crippen LogP contribution in [0.15, 0.2) is 6.33 Å². The van der Waals surface area contributed by atoms with Crippen molar-refractivity contribution in [2.45, 2.75) is 24.5 Å². The maximum absolute atomic E-state index is 9.99. The van der Waals surface area contributed by atoms with Crippen molar-refractivity contribution in [3.05, 3.63) is 11.6 Å². The Morgan fingerprint density at radius 2 is 2.10 bits per heavy atom. The molecule has 0 bridgehead atoms. The number of hydrogen-bond donors (Lipinski definition) is 4. The maximum atomic E-state index is 9.99. The quantitative estimate of drug-likeness (QED) is 0.500. The van der Waals surface area contributed by atoms with Gasteiger partial charge in [0.15, 0.2) is 17.7 Å². The van der Waals surface area contributed by atoms with Gasteiger partial charge < -0.3 is 25.8 Å². The number of ether oxygens (including phenoxy) is 1. The molecular weight excluding hydrogens is 290 g/mol. The molecule has 1 unspecified atom stereocenters. The van der Waals surface area contributed by atoms with Gasteiger partial charge in [-0.25, -0.2) is 4.98 Å². The second-order valence-corrected chi connectivity index (χ2v) is 4.77. The first kappa shape index (κ1) is 13.5. The summed E-state index contributed by atoms with van der Waals surface area (Å²) in [6.07, 6.45) is -2.93. The van der Waals surface area contributed by atoms with Crippen LogP contribution in [0.4, 0.5) is 5.82 Å². The summed E-state index contributed by atoms with van der Waals surface area (Å²) in [5.41, 5.74) is 6.27. The number of imidazole rings is 1. The van der Waals surface area contributed by atoms with E-state index in [-0.39, 0.29) is 16.7 Å². The molecule has 3 heterocycles. The fraction of sp³-hybridized carbons (Fsp3) is 0.500. The third kappa shape index (κ3) is 1.91. The zero-order valence-electron chi connectivity index (χ0n) is 10.1. The highest BCUT2D eigenvalue weighted by Gasteiger charge is 2.44. The van der Waals surface area contributed by atoms with Crippen molar-refractivity contribution in [1.82, 2.24) is 19.5 Å². The van der Waals surface area contributed by atoms with E-state index in [0.29, 0.717) is 5.52 Å². The van der Waals surface area contributed by atoms with Gasteiger partial charge in [-0.3, -0.25) is 4.57 Å². The van der Waals surface area contributed by atoms with E-state index in [1.165, 1.54) is 10.9 Å². The molecule has 2 aromatic heterocycles. The van der Waals surface area contributed by atoms with Gasteiger partial charge in [0.1, 0.15) is 23.8 Å². The molecule has 3 rings (SSSR count). The lowest BCUT2D eigenvalue weighted by Crippen LogP contribution is -2.33. The number of nitrogens with two attached hydrogens (primary N) is 1. The first-order valence-electron chi connectivity index (χ1n) is 5.81. The molecule has 1 fully saturated rings. The van der Waals surface area contributed by atoms with Crippen LogP contribution in [-0.4, -0.2) is 59.8 Å². The number of halogens is 1. The van der Waals surface area contributed by atoms with Crippen molar-refractivity contribution in [2.24, 2.45) is 0 Å². The number of aromatic nitrogens is 4. The lowest BCUT2D eigenvalue weighted by Gasteiger charge is -2.16. The Balaban J connectivity index is 2.07. The predicted octanol–water partition coefficient (Wildman–Crippen LogP) is -1.33. The summed E-state index contributed by atoms with van der Waals surface area (Å²) in [5, 5.41) is 28.8. The fourth-order valence-electron chi connectivity index (χ4n) is 2.21. The average Bonchev–Trinajstić information content (AvgIpc) is 2.93. The lowest BCUT2D eigenvalue weighted by molar-refractivity contribution is -0.0511. The fourth-order valence-corrected chi connectivity index (χ4v) is 2.38. The molecule has 5 N–H and O–H groups in total. The molecule has 1 saturated heterocycles. The first-order chi connectivity index (χ1) is 9.52. The van der Waals surface area contributed by atoms with Crippen LogP contribution in [0.2, 0.25) is 5.28 Å². The van der Waals surface area contributed by atoms with Crippen LogP contribution < -0.4 is 5.73 Å². The van der Waals surface area contributed by atoms with Gasteiger partial charge in [-0.05, 0) is 11.6 Å². The topological polar surface area (TPSA) is 140 Å². The molecule has 20 heavy (non-hydrogen) atoms. The van der Waals surface area contributed by atoms with Crippen LogP contribution in [-0.2, 0) is 4.74 Å². The molecular formula is C10H12ClN5O4. The third-order valence-electron chi connectivity index (χ3n) is 3.21. The second-order valence-electron chi connectivity index (χ2n) is 4.43. The summed E-state index contributed by atoms with van der Waals surface area (Å²) in [6.45, 7) is -0.417. The molecule has 0 amide bonds. The number of hydrogen-bond acceptors (Lipinski definition) is 8. The predicted molar refractivity (Wildman–Crippen MR) is 67.8 cm³/mol. The number of anilines is 1. The molecule has 4 atom stereocenters. The SMILES string of the molecule is Nc1nc(Cl)nc2c1ncn2[C@@H]1O[C@H](CO)[C@H](O)C1O. The van der Waals surface area contributed by atoms with Crippen molar-refractivity contribution >= 4 is 28.6 Å². The minimum Gasteiger partial charge on any atom is -0.394 e. The number of fused-ring (bicyclic) bond motifs is 1. The molecule has 108 valence electrons. The van der Waals surface area contributed by atoms with Gasteiger partial charge >= 0.3 is 0 Å². The molecule has 9 nitrogen and oxygen atoms in total. The van der Waals surface area contributed by atoms with Crippen molar-refractivity contribution in [3.8, 4) is 0 Å². The normalized spacial score (nSPS) is 30.2. The number of nitrogens with zero attached hydrogens (tertiary/aromatic N) is 4. The molecule has 0 radical (unpaired) electrons. The second kappa shape index (κ2) is 4.79. The zero-order valence-corrected chi connectivity index (χ0v) is 10.8. The van der Waals surface area contributed by atoms with Crippen molar-refractivity contribution in [2.75, 3.05) is 12.3 Å². The van der Waals surface area contributed by atoms with E-state index >= 15 is 0 Å². The van der Waals surface area contributed by atoms with E-state index in [1.54, 1.807) is 0 Å². The smallest absolute Gasteiger partial charge is 0.226 e. The van der Waals surface area contributed by atoms with Gasteiger partial charge in [0.25, 0.3) is 0 Å². The number of aliphatic hydroxyl groups is 3. The summed E-state index contributed by atoms with van der Waals surface area (Å²) in [5.74, 6) is 0.102. The molecule has 1 aliphatic heterocycles. The molecule has 0 aliphatic carbocycles. The summed E-state index contributed by atoms with van der Waals surface area (Å²) >= 11 is 5.74. The van der Waals surface area contributed by atoms with E-state index in [1.807, 2.05) is 0 Å². The van der Waals surface area contributed by atoms with Crippen LogP contribution >= 0.6 is 11.6 Å². The van der Waals surface area contributed by atoms with E-state index in [0.717, 1.165) is 0 Å². The summed E-state index contributed by atoms with van der Waals surface area (Å²) in [4.78, 5) is 11.8. The average molecular weight is 302 g/mol. The van der Waals surface area contributed by atoms with Crippen LogP contribution in [0.1, 0.15) is 6.23 Å². The number of nitrogen functional groups attached to an aromatic ring is 1. The highest BCUT2D eigenvalue weighted by Crippen LogP contribution is 2.32. The summed E-state index contributed by atoms with van der Waals surface area (Å²) in [7, 11) is 0. The minimum absolute atomic E-state index is 0.0662. The monoisotopic (exact) mass is 301 g/mol. The van der Waals surface area contributed by atoms with Gasteiger partial charge in [-0.1, -0.05) is 0 Å². The number of aliphatic hydroxyl groups excluding tert-OH is 3.